The van der Waals surface area contributed by atoms with Gasteiger partial charge in [-0.3, -0.25) is 0 Å². The highest BCUT2D eigenvalue weighted by Crippen LogP contribution is 2.26. The summed E-state index contributed by atoms with van der Waals surface area (Å²) in [6.07, 6.45) is 4.72. The van der Waals surface area contributed by atoms with E-state index in [9.17, 15) is 0 Å². The summed E-state index contributed by atoms with van der Waals surface area (Å²) in [5, 5.41) is 18.2. The first kappa shape index (κ1) is 16.1. The molecule has 0 aliphatic heterocycles. The van der Waals surface area contributed by atoms with Gasteiger partial charge >= 0.3 is 0 Å². The number of nitriles is 2. The third kappa shape index (κ3) is 3.87. The molecule has 0 saturated carbocycles. The summed E-state index contributed by atoms with van der Waals surface area (Å²) in [7, 11) is 0. The molecule has 112 valence electrons. The number of rotatable bonds is 6. The number of hydrogen-bond acceptors (Lipinski definition) is 3. The molecule has 3 heteroatoms. The van der Waals surface area contributed by atoms with E-state index in [-0.39, 0.29) is 0 Å². The van der Waals surface area contributed by atoms with Gasteiger partial charge < -0.3 is 4.74 Å². The van der Waals surface area contributed by atoms with E-state index < -0.39 is 0 Å². The molecule has 0 aliphatic carbocycles. The first-order valence-electron chi connectivity index (χ1n) is 7.17. The summed E-state index contributed by atoms with van der Waals surface area (Å²) in [4.78, 5) is 0. The predicted molar refractivity (Wildman–Crippen MR) is 90.2 cm³/mol. The average molecular weight is 300 g/mol. The van der Waals surface area contributed by atoms with Crippen molar-refractivity contribution in [3.05, 3.63) is 84.0 Å². The Hall–Kier alpha value is -3.30. The average Bonchev–Trinajstić information content (AvgIpc) is 2.56. The minimum atomic E-state index is 0.606. The number of benzene rings is 2. The first-order chi connectivity index (χ1) is 11.2. The summed E-state index contributed by atoms with van der Waals surface area (Å²) in [5.41, 5.74) is 2.98. The molecule has 0 amide bonds. The summed E-state index contributed by atoms with van der Waals surface area (Å²) in [6.45, 7) is 7.41. The molecule has 0 heterocycles. The third-order valence-electron chi connectivity index (χ3n) is 3.36. The topological polar surface area (TPSA) is 56.8 Å². The largest absolute Gasteiger partial charge is 0.457 e. The maximum Gasteiger partial charge on any atom is 0.127 e. The number of hydrogen-bond donors (Lipinski definition) is 0. The van der Waals surface area contributed by atoms with Crippen molar-refractivity contribution in [2.45, 2.75) is 12.8 Å². The lowest BCUT2D eigenvalue weighted by Crippen LogP contribution is -1.93. The molecule has 23 heavy (non-hydrogen) atoms. The molecule has 0 saturated heterocycles. The molecule has 0 aliphatic rings. The molecular weight excluding hydrogens is 284 g/mol. The van der Waals surface area contributed by atoms with Gasteiger partial charge in [0.15, 0.2) is 0 Å². The van der Waals surface area contributed by atoms with Crippen LogP contribution in [-0.2, 0) is 12.8 Å². The summed E-state index contributed by atoms with van der Waals surface area (Å²) in [6, 6.07) is 15.0. The number of allylic oxidation sites excluding steroid dienone is 2. The summed E-state index contributed by atoms with van der Waals surface area (Å²) in [5.74, 6) is 1.30. The minimum absolute atomic E-state index is 0.606. The predicted octanol–water partition coefficient (Wildman–Crippen LogP) is 4.68. The SMILES string of the molecule is C=CCc1cc(Oc2ccc(C#N)c(CC=C)c2)ccc1C#N. The van der Waals surface area contributed by atoms with E-state index in [1.54, 1.807) is 36.4 Å². The van der Waals surface area contributed by atoms with Crippen molar-refractivity contribution in [2.75, 3.05) is 0 Å². The van der Waals surface area contributed by atoms with E-state index in [2.05, 4.69) is 25.3 Å². The van der Waals surface area contributed by atoms with Crippen LogP contribution in [0.2, 0.25) is 0 Å². The Morgan fingerprint density at radius 1 is 0.826 bits per heavy atom. The first-order valence-corrected chi connectivity index (χ1v) is 7.17. The minimum Gasteiger partial charge on any atom is -0.457 e. The highest BCUT2D eigenvalue weighted by molar-refractivity contribution is 5.47. The second-order valence-electron chi connectivity index (χ2n) is 4.95. The van der Waals surface area contributed by atoms with Crippen LogP contribution in [0.4, 0.5) is 0 Å². The lowest BCUT2D eigenvalue weighted by molar-refractivity contribution is 0.481. The van der Waals surface area contributed by atoms with Crippen LogP contribution in [0.1, 0.15) is 22.3 Å². The van der Waals surface area contributed by atoms with Gasteiger partial charge in [0, 0.05) is 0 Å². The van der Waals surface area contributed by atoms with Gasteiger partial charge in [0.2, 0.25) is 0 Å². The van der Waals surface area contributed by atoms with Crippen molar-refractivity contribution in [1.82, 2.24) is 0 Å². The molecule has 0 unspecified atom stereocenters. The Labute approximate surface area is 136 Å². The van der Waals surface area contributed by atoms with Gasteiger partial charge in [-0.2, -0.15) is 10.5 Å². The fourth-order valence-electron chi connectivity index (χ4n) is 2.27. The maximum absolute atomic E-state index is 9.11. The fraction of sp³-hybridized carbons (Fsp3) is 0.100. The standard InChI is InChI=1S/C20H16N2O/c1-3-5-15-11-19(9-7-17(15)13-21)23-20-10-8-18(14-22)16(12-20)6-4-2/h3-4,7-12H,1-2,5-6H2. The molecule has 3 nitrogen and oxygen atoms in total. The Balaban J connectivity index is 2.32. The lowest BCUT2D eigenvalue weighted by Gasteiger charge is -2.10. The molecule has 2 rings (SSSR count). The van der Waals surface area contributed by atoms with E-state index in [0.29, 0.717) is 35.5 Å². The zero-order valence-corrected chi connectivity index (χ0v) is 12.7. The van der Waals surface area contributed by atoms with E-state index in [4.69, 9.17) is 15.3 Å². The Bertz CT molecular complexity index is 753. The molecule has 0 bridgehead atoms. The van der Waals surface area contributed by atoms with Gasteiger partial charge in [-0.1, -0.05) is 12.2 Å². The Kier molecular flexibility index (Phi) is 5.34. The molecular formula is C20H16N2O. The van der Waals surface area contributed by atoms with Crippen molar-refractivity contribution < 1.29 is 4.74 Å². The highest BCUT2D eigenvalue weighted by atomic mass is 16.5. The van der Waals surface area contributed by atoms with E-state index in [1.807, 2.05) is 12.1 Å². The lowest BCUT2D eigenvalue weighted by atomic mass is 10.0. The van der Waals surface area contributed by atoms with Crippen LogP contribution in [-0.4, -0.2) is 0 Å². The monoisotopic (exact) mass is 300 g/mol. The van der Waals surface area contributed by atoms with Gasteiger partial charge in [-0.25, -0.2) is 0 Å². The second-order valence-corrected chi connectivity index (χ2v) is 4.95. The van der Waals surface area contributed by atoms with Crippen molar-refractivity contribution in [3.63, 3.8) is 0 Å². The van der Waals surface area contributed by atoms with Crippen LogP contribution in [0, 0.1) is 22.7 Å². The van der Waals surface area contributed by atoms with Crippen LogP contribution in [0.15, 0.2) is 61.7 Å². The quantitative estimate of drug-likeness (QED) is 0.728. The van der Waals surface area contributed by atoms with Gasteiger partial charge in [0.1, 0.15) is 11.5 Å². The van der Waals surface area contributed by atoms with Crippen molar-refractivity contribution >= 4 is 0 Å². The van der Waals surface area contributed by atoms with Gasteiger partial charge in [0.05, 0.1) is 23.3 Å². The number of nitrogens with zero attached hydrogens (tertiary/aromatic N) is 2. The van der Waals surface area contributed by atoms with Crippen molar-refractivity contribution in [1.29, 1.82) is 10.5 Å². The van der Waals surface area contributed by atoms with E-state index >= 15 is 0 Å². The molecule has 2 aromatic rings. The third-order valence-corrected chi connectivity index (χ3v) is 3.36. The highest BCUT2D eigenvalue weighted by Gasteiger charge is 2.07. The van der Waals surface area contributed by atoms with Gasteiger partial charge in [0.25, 0.3) is 0 Å². The zero-order chi connectivity index (χ0) is 16.7. The molecule has 0 radical (unpaired) electrons. The van der Waals surface area contributed by atoms with Crippen LogP contribution < -0.4 is 4.74 Å². The second kappa shape index (κ2) is 7.64. The molecule has 0 fully saturated rings. The molecule has 0 aromatic heterocycles. The fourth-order valence-corrected chi connectivity index (χ4v) is 2.27. The maximum atomic E-state index is 9.11. The molecule has 0 N–H and O–H groups in total. The van der Waals surface area contributed by atoms with Crippen LogP contribution in [0.5, 0.6) is 11.5 Å². The number of ether oxygens (including phenoxy) is 1. The summed E-state index contributed by atoms with van der Waals surface area (Å²) < 4.78 is 5.86. The van der Waals surface area contributed by atoms with Gasteiger partial charge in [-0.05, 0) is 60.4 Å². The van der Waals surface area contributed by atoms with Gasteiger partial charge in [-0.15, -0.1) is 13.2 Å². The normalized spacial score (nSPS) is 9.48. The molecule has 2 aromatic carbocycles. The van der Waals surface area contributed by atoms with Crippen molar-refractivity contribution in [3.8, 4) is 23.6 Å². The van der Waals surface area contributed by atoms with Crippen molar-refractivity contribution in [2.24, 2.45) is 0 Å². The van der Waals surface area contributed by atoms with E-state index in [1.165, 1.54) is 0 Å². The van der Waals surface area contributed by atoms with E-state index in [0.717, 1.165) is 11.1 Å². The van der Waals surface area contributed by atoms with Crippen LogP contribution in [0.3, 0.4) is 0 Å². The van der Waals surface area contributed by atoms with Crippen LogP contribution in [0.25, 0.3) is 0 Å². The molecule has 0 atom stereocenters. The molecule has 0 spiro atoms. The Morgan fingerprint density at radius 3 is 1.61 bits per heavy atom. The summed E-state index contributed by atoms with van der Waals surface area (Å²) >= 11 is 0. The smallest absolute Gasteiger partial charge is 0.127 e. The van der Waals surface area contributed by atoms with Crippen LogP contribution >= 0.6 is 0 Å². The zero-order valence-electron chi connectivity index (χ0n) is 12.7. The Morgan fingerprint density at radius 2 is 1.26 bits per heavy atom.